The predicted octanol–water partition coefficient (Wildman–Crippen LogP) is 1.47. The number of H-pyrrole nitrogens is 1. The SMILES string of the molecule is COc1ccsc1-c1n[nH]c(S(=O)(=O)Cl)n1. The van der Waals surface area contributed by atoms with Gasteiger partial charge in [0.15, 0.2) is 5.82 Å². The molecule has 0 fully saturated rings. The van der Waals surface area contributed by atoms with Crippen LogP contribution >= 0.6 is 22.0 Å². The first-order valence-electron chi connectivity index (χ1n) is 4.01. The summed E-state index contributed by atoms with van der Waals surface area (Å²) in [6, 6.07) is 1.74. The molecule has 2 aromatic rings. The molecule has 16 heavy (non-hydrogen) atoms. The lowest BCUT2D eigenvalue weighted by atomic mass is 10.4. The van der Waals surface area contributed by atoms with Crippen molar-refractivity contribution in [1.29, 1.82) is 0 Å². The topological polar surface area (TPSA) is 84.9 Å². The first kappa shape index (κ1) is 11.4. The van der Waals surface area contributed by atoms with Crippen LogP contribution in [0.4, 0.5) is 0 Å². The second kappa shape index (κ2) is 4.04. The number of hydrogen-bond donors (Lipinski definition) is 1. The van der Waals surface area contributed by atoms with E-state index in [1.54, 1.807) is 11.4 Å². The van der Waals surface area contributed by atoms with Gasteiger partial charge in [0.1, 0.15) is 10.6 Å². The van der Waals surface area contributed by atoms with Crippen LogP contribution in [0.1, 0.15) is 0 Å². The van der Waals surface area contributed by atoms with E-state index in [4.69, 9.17) is 15.4 Å². The Morgan fingerprint density at radius 1 is 1.56 bits per heavy atom. The van der Waals surface area contributed by atoms with Gasteiger partial charge >= 0.3 is 0 Å². The molecular formula is C7H6ClN3O3S2. The van der Waals surface area contributed by atoms with Gasteiger partial charge in [0, 0.05) is 10.7 Å². The maximum atomic E-state index is 11.0. The largest absolute Gasteiger partial charge is 0.495 e. The molecule has 0 spiro atoms. The number of nitrogens with one attached hydrogen (secondary N) is 1. The van der Waals surface area contributed by atoms with Crippen LogP contribution in [0.15, 0.2) is 16.6 Å². The molecule has 0 amide bonds. The van der Waals surface area contributed by atoms with Gasteiger partial charge in [0.05, 0.1) is 7.11 Å². The highest BCUT2D eigenvalue weighted by Crippen LogP contribution is 2.33. The zero-order valence-electron chi connectivity index (χ0n) is 7.97. The van der Waals surface area contributed by atoms with Crippen LogP contribution in [0.25, 0.3) is 10.7 Å². The number of aromatic amines is 1. The highest BCUT2D eigenvalue weighted by atomic mass is 35.7. The van der Waals surface area contributed by atoms with Gasteiger partial charge in [-0.05, 0) is 11.4 Å². The van der Waals surface area contributed by atoms with Crippen molar-refractivity contribution in [2.75, 3.05) is 7.11 Å². The first-order valence-corrected chi connectivity index (χ1v) is 7.20. The van der Waals surface area contributed by atoms with Crippen LogP contribution < -0.4 is 4.74 Å². The number of aromatic nitrogens is 3. The van der Waals surface area contributed by atoms with E-state index >= 15 is 0 Å². The summed E-state index contributed by atoms with van der Waals surface area (Å²) in [6.07, 6.45) is 0. The summed E-state index contributed by atoms with van der Waals surface area (Å²) in [5, 5.41) is 7.44. The molecule has 0 aliphatic heterocycles. The van der Waals surface area contributed by atoms with Gasteiger partial charge in [0.25, 0.3) is 14.2 Å². The van der Waals surface area contributed by atoms with E-state index in [2.05, 4.69) is 15.2 Å². The Hall–Kier alpha value is -1.12. The third-order valence-electron chi connectivity index (χ3n) is 1.75. The van der Waals surface area contributed by atoms with E-state index in [1.165, 1.54) is 18.4 Å². The van der Waals surface area contributed by atoms with Crippen LogP contribution in [-0.4, -0.2) is 30.7 Å². The molecule has 0 radical (unpaired) electrons. The molecule has 0 bridgehead atoms. The Morgan fingerprint density at radius 2 is 2.31 bits per heavy atom. The van der Waals surface area contributed by atoms with Crippen LogP contribution in [-0.2, 0) is 9.05 Å². The van der Waals surface area contributed by atoms with Gasteiger partial charge in [0.2, 0.25) is 0 Å². The molecule has 2 rings (SSSR count). The molecule has 0 aliphatic rings. The Labute approximate surface area is 99.7 Å². The van der Waals surface area contributed by atoms with E-state index in [-0.39, 0.29) is 11.0 Å². The number of rotatable bonds is 3. The summed E-state index contributed by atoms with van der Waals surface area (Å²) < 4.78 is 27.0. The van der Waals surface area contributed by atoms with E-state index in [9.17, 15) is 8.42 Å². The Bertz CT molecular complexity index is 604. The van der Waals surface area contributed by atoms with Crippen molar-refractivity contribution in [2.24, 2.45) is 0 Å². The summed E-state index contributed by atoms with van der Waals surface area (Å²) in [6.45, 7) is 0. The maximum Gasteiger partial charge on any atom is 0.296 e. The molecule has 0 aromatic carbocycles. The fourth-order valence-electron chi connectivity index (χ4n) is 1.08. The third-order valence-corrected chi connectivity index (χ3v) is 3.72. The van der Waals surface area contributed by atoms with Crippen molar-refractivity contribution >= 4 is 31.1 Å². The second-order valence-corrected chi connectivity index (χ2v) is 6.12. The van der Waals surface area contributed by atoms with Crippen molar-refractivity contribution in [3.05, 3.63) is 11.4 Å². The minimum absolute atomic E-state index is 0.242. The smallest absolute Gasteiger partial charge is 0.296 e. The average molecular weight is 280 g/mol. The fourth-order valence-corrected chi connectivity index (χ4v) is 2.43. The molecule has 6 nitrogen and oxygen atoms in total. The van der Waals surface area contributed by atoms with Crippen LogP contribution in [0.5, 0.6) is 5.75 Å². The second-order valence-electron chi connectivity index (χ2n) is 2.72. The molecule has 0 saturated heterocycles. The Balaban J connectivity index is 2.47. The molecular weight excluding hydrogens is 274 g/mol. The van der Waals surface area contributed by atoms with Gasteiger partial charge in [-0.15, -0.1) is 11.3 Å². The zero-order valence-corrected chi connectivity index (χ0v) is 10.4. The number of halogens is 1. The Kier molecular flexibility index (Phi) is 2.87. The third kappa shape index (κ3) is 2.04. The standard InChI is InChI=1S/C7H6ClN3O3S2/c1-14-4-2-3-15-5(4)6-9-7(11-10-6)16(8,12)13/h2-3H,1H3,(H,9,10,11). The predicted molar refractivity (Wildman–Crippen MR) is 59.3 cm³/mol. The number of thiophene rings is 1. The number of nitrogens with zero attached hydrogens (tertiary/aromatic N) is 2. The zero-order chi connectivity index (χ0) is 11.8. The Morgan fingerprint density at radius 3 is 2.88 bits per heavy atom. The van der Waals surface area contributed by atoms with Crippen molar-refractivity contribution in [2.45, 2.75) is 5.16 Å². The van der Waals surface area contributed by atoms with Gasteiger partial charge in [-0.2, -0.15) is 10.1 Å². The van der Waals surface area contributed by atoms with Crippen LogP contribution in [0.3, 0.4) is 0 Å². The van der Waals surface area contributed by atoms with Crippen LogP contribution in [0, 0.1) is 0 Å². The summed E-state index contributed by atoms with van der Waals surface area (Å²) in [5.41, 5.74) is 0. The lowest BCUT2D eigenvalue weighted by Gasteiger charge is -1.96. The molecule has 0 saturated carbocycles. The number of ether oxygens (including phenoxy) is 1. The minimum atomic E-state index is -3.89. The van der Waals surface area contributed by atoms with Gasteiger partial charge in [-0.3, -0.25) is 0 Å². The highest BCUT2D eigenvalue weighted by molar-refractivity contribution is 8.13. The molecule has 2 heterocycles. The summed E-state index contributed by atoms with van der Waals surface area (Å²) >= 11 is 1.34. The molecule has 0 atom stereocenters. The summed E-state index contributed by atoms with van der Waals surface area (Å²) in [5.74, 6) is 0.827. The van der Waals surface area contributed by atoms with E-state index in [0.29, 0.717) is 10.6 Å². The average Bonchev–Trinajstić information content (AvgIpc) is 2.84. The monoisotopic (exact) mass is 279 g/mol. The van der Waals surface area contributed by atoms with Crippen molar-refractivity contribution in [3.8, 4) is 16.5 Å². The van der Waals surface area contributed by atoms with E-state index in [1.807, 2.05) is 0 Å². The lowest BCUT2D eigenvalue weighted by molar-refractivity contribution is 0.418. The van der Waals surface area contributed by atoms with Crippen molar-refractivity contribution in [3.63, 3.8) is 0 Å². The minimum Gasteiger partial charge on any atom is -0.495 e. The molecule has 0 unspecified atom stereocenters. The fraction of sp³-hybridized carbons (Fsp3) is 0.143. The van der Waals surface area contributed by atoms with Crippen LogP contribution in [0.2, 0.25) is 0 Å². The molecule has 0 aliphatic carbocycles. The highest BCUT2D eigenvalue weighted by Gasteiger charge is 2.19. The lowest BCUT2D eigenvalue weighted by Crippen LogP contribution is -1.92. The summed E-state index contributed by atoms with van der Waals surface area (Å²) in [4.78, 5) is 4.42. The van der Waals surface area contributed by atoms with E-state index in [0.717, 1.165) is 0 Å². The van der Waals surface area contributed by atoms with Crippen molar-refractivity contribution < 1.29 is 13.2 Å². The van der Waals surface area contributed by atoms with Gasteiger partial charge in [-0.1, -0.05) is 0 Å². The first-order chi connectivity index (χ1) is 7.52. The number of hydrogen-bond acceptors (Lipinski definition) is 6. The molecule has 1 N–H and O–H groups in total. The molecule has 86 valence electrons. The quantitative estimate of drug-likeness (QED) is 0.860. The van der Waals surface area contributed by atoms with E-state index < -0.39 is 9.05 Å². The van der Waals surface area contributed by atoms with Crippen molar-refractivity contribution in [1.82, 2.24) is 15.2 Å². The van der Waals surface area contributed by atoms with Gasteiger partial charge < -0.3 is 4.74 Å². The van der Waals surface area contributed by atoms with Gasteiger partial charge in [-0.25, -0.2) is 13.5 Å². The maximum absolute atomic E-state index is 11.0. The molecule has 9 heteroatoms. The molecule has 2 aromatic heterocycles. The number of methoxy groups -OCH3 is 1. The summed E-state index contributed by atoms with van der Waals surface area (Å²) in [7, 11) is 2.74. The normalized spacial score (nSPS) is 11.6.